The van der Waals surface area contributed by atoms with Gasteiger partial charge in [0.2, 0.25) is 0 Å². The SMILES string of the molecule is O=C(O)[C@H](Cc1ccccc1)N1C(=O)c2ccccc2C1=O.O=C(O)[C@H](Cc1ccccc1)N1C(=O)c2ccccc2C1=O.O=C(O)[C@H](Cc1ccccc1)N1C(=O)c2ccccc2C1=O.O=C(O)[C@H](Cc1ccccc1)N1C(=O)c2ccccc2C1=O.[Rh].[Rh]. The van der Waals surface area contributed by atoms with Crippen LogP contribution in [0.4, 0.5) is 0 Å². The quantitative estimate of drug-likeness (QED) is 0.0528. The third-order valence-corrected chi connectivity index (χ3v) is 14.8. The van der Waals surface area contributed by atoms with Crippen LogP contribution in [0, 0.1) is 0 Å². The first-order valence-electron chi connectivity index (χ1n) is 27.3. The molecule has 8 amide bonds. The fourth-order valence-corrected chi connectivity index (χ4v) is 10.5. The van der Waals surface area contributed by atoms with E-state index >= 15 is 0 Å². The Morgan fingerprint density at radius 2 is 0.356 bits per heavy atom. The summed E-state index contributed by atoms with van der Waals surface area (Å²) in [4.78, 5) is 149. The fourth-order valence-electron chi connectivity index (χ4n) is 10.5. The van der Waals surface area contributed by atoms with E-state index in [1.54, 1.807) is 146 Å². The number of fused-ring (bicyclic) bond motifs is 4. The molecular weight excluding hydrogens is 1330 g/mol. The predicted molar refractivity (Wildman–Crippen MR) is 314 cm³/mol. The van der Waals surface area contributed by atoms with Gasteiger partial charge < -0.3 is 20.4 Å². The Balaban J connectivity index is 0.000000169. The van der Waals surface area contributed by atoms with Crippen molar-refractivity contribution >= 4 is 71.1 Å². The summed E-state index contributed by atoms with van der Waals surface area (Å²) in [5.74, 6) is -9.20. The van der Waals surface area contributed by atoms with Gasteiger partial charge in [0.1, 0.15) is 24.2 Å². The molecule has 0 aromatic heterocycles. The zero-order valence-corrected chi connectivity index (χ0v) is 50.3. The summed E-state index contributed by atoms with van der Waals surface area (Å²) >= 11 is 0. The first kappa shape index (κ1) is 67.0. The average molecular weight is 1390 g/mol. The van der Waals surface area contributed by atoms with Crippen LogP contribution in [0.15, 0.2) is 218 Å². The van der Waals surface area contributed by atoms with E-state index in [-0.39, 0.29) is 109 Å². The Hall–Kier alpha value is -10.6. The number of rotatable bonds is 16. The number of hydrogen-bond donors (Lipinski definition) is 4. The molecular formula is C68H52N4O16Rh2. The van der Waals surface area contributed by atoms with Crippen molar-refractivity contribution in [3.05, 3.63) is 285 Å². The van der Waals surface area contributed by atoms with Crippen molar-refractivity contribution in [2.75, 3.05) is 0 Å². The zero-order valence-electron chi connectivity index (χ0n) is 47.1. The topological polar surface area (TPSA) is 299 Å². The van der Waals surface area contributed by atoms with E-state index in [2.05, 4.69) is 0 Å². The van der Waals surface area contributed by atoms with Crippen LogP contribution in [-0.2, 0) is 83.8 Å². The minimum atomic E-state index is -1.21. The molecule has 12 rings (SSSR count). The average Bonchev–Trinajstić information content (AvgIpc) is 1.81. The maximum atomic E-state index is 12.4. The van der Waals surface area contributed by atoms with Gasteiger partial charge in [-0.2, -0.15) is 0 Å². The van der Waals surface area contributed by atoms with Gasteiger partial charge in [0, 0.05) is 64.6 Å². The van der Waals surface area contributed by atoms with Gasteiger partial charge in [0.15, 0.2) is 0 Å². The number of imide groups is 4. The first-order valence-corrected chi connectivity index (χ1v) is 27.3. The summed E-state index contributed by atoms with van der Waals surface area (Å²) in [5, 5.41) is 37.9. The molecule has 4 atom stereocenters. The molecule has 4 aliphatic rings. The second-order valence-electron chi connectivity index (χ2n) is 20.3. The molecule has 22 heteroatoms. The molecule has 0 fully saturated rings. The monoisotopic (exact) mass is 1390 g/mol. The van der Waals surface area contributed by atoms with Gasteiger partial charge in [-0.15, -0.1) is 0 Å². The molecule has 4 N–H and O–H groups in total. The third-order valence-electron chi connectivity index (χ3n) is 14.8. The zero-order chi connectivity index (χ0) is 62.8. The van der Waals surface area contributed by atoms with E-state index in [4.69, 9.17) is 0 Å². The van der Waals surface area contributed by atoms with Crippen LogP contribution in [-0.4, -0.2) is 135 Å². The molecule has 0 aliphatic carbocycles. The molecule has 0 saturated carbocycles. The summed E-state index contributed by atoms with van der Waals surface area (Å²) in [6, 6.07) is 56.4. The number of amides is 8. The molecule has 0 spiro atoms. The third kappa shape index (κ3) is 14.4. The number of carboxylic acids is 4. The minimum absolute atomic E-state index is 0. The Morgan fingerprint density at radius 3 is 0.478 bits per heavy atom. The van der Waals surface area contributed by atoms with Crippen molar-refractivity contribution in [3.63, 3.8) is 0 Å². The van der Waals surface area contributed by atoms with Crippen LogP contribution < -0.4 is 0 Å². The summed E-state index contributed by atoms with van der Waals surface area (Å²) in [6.45, 7) is 0. The summed E-state index contributed by atoms with van der Waals surface area (Å²) in [6.07, 6.45) is 0.340. The van der Waals surface area contributed by atoms with Crippen molar-refractivity contribution in [1.82, 2.24) is 19.6 Å². The van der Waals surface area contributed by atoms with Gasteiger partial charge in [-0.1, -0.05) is 170 Å². The number of hydrogen-bond acceptors (Lipinski definition) is 12. The van der Waals surface area contributed by atoms with Crippen molar-refractivity contribution in [2.45, 2.75) is 49.9 Å². The molecule has 2 radical (unpaired) electrons. The summed E-state index contributed by atoms with van der Waals surface area (Å²) in [7, 11) is 0. The molecule has 0 bridgehead atoms. The molecule has 90 heavy (non-hydrogen) atoms. The Bertz CT molecular complexity index is 3410. The first-order chi connectivity index (χ1) is 42.4. The van der Waals surface area contributed by atoms with Gasteiger partial charge in [-0.3, -0.25) is 58.0 Å². The van der Waals surface area contributed by atoms with E-state index in [1.165, 1.54) is 48.5 Å². The Kier molecular flexibility index (Phi) is 22.2. The van der Waals surface area contributed by atoms with Crippen LogP contribution in [0.1, 0.15) is 105 Å². The van der Waals surface area contributed by atoms with E-state index in [1.807, 2.05) is 24.3 Å². The van der Waals surface area contributed by atoms with E-state index in [0.717, 1.165) is 41.9 Å². The van der Waals surface area contributed by atoms with Gasteiger partial charge >= 0.3 is 23.9 Å². The van der Waals surface area contributed by atoms with E-state index < -0.39 is 95.3 Å². The van der Waals surface area contributed by atoms with Gasteiger partial charge in [0.25, 0.3) is 47.3 Å². The van der Waals surface area contributed by atoms with Gasteiger partial charge in [-0.05, 0) is 70.8 Å². The molecule has 4 aliphatic heterocycles. The maximum absolute atomic E-state index is 12.4. The largest absolute Gasteiger partial charge is 0.480 e. The minimum Gasteiger partial charge on any atom is -0.480 e. The second-order valence-corrected chi connectivity index (χ2v) is 20.3. The second kappa shape index (κ2) is 29.9. The predicted octanol–water partition coefficient (Wildman–Crippen LogP) is 7.91. The standard InChI is InChI=1S/4C17H13NO4.2Rh/c4*19-15-12-8-4-5-9-13(12)16(20)18(15)14(17(21)22)10-11-6-2-1-3-7-11;;/h4*1-9,14H,10H2,(H,21,22);;/t4*14-;;/m0000../s1. The number of carboxylic acid groups (broad SMARTS) is 4. The van der Waals surface area contributed by atoms with Crippen LogP contribution >= 0.6 is 0 Å². The summed E-state index contributed by atoms with van der Waals surface area (Å²) < 4.78 is 0. The molecule has 8 aromatic carbocycles. The van der Waals surface area contributed by atoms with Crippen molar-refractivity contribution in [3.8, 4) is 0 Å². The van der Waals surface area contributed by atoms with Gasteiger partial charge in [-0.25, -0.2) is 19.2 Å². The van der Waals surface area contributed by atoms with Gasteiger partial charge in [0.05, 0.1) is 44.5 Å². The number of benzene rings is 8. The number of carbonyl (C=O) groups is 12. The van der Waals surface area contributed by atoms with E-state index in [9.17, 15) is 78.0 Å². The number of carbonyl (C=O) groups excluding carboxylic acids is 8. The smallest absolute Gasteiger partial charge is 0.327 e. The molecule has 0 unspecified atom stereocenters. The molecule has 0 saturated heterocycles. The van der Waals surface area contributed by atoms with E-state index in [0.29, 0.717) is 0 Å². The van der Waals surface area contributed by atoms with Crippen molar-refractivity contribution in [2.24, 2.45) is 0 Å². The van der Waals surface area contributed by atoms with Crippen molar-refractivity contribution < 1.29 is 117 Å². The maximum Gasteiger partial charge on any atom is 0.327 e. The molecule has 8 aromatic rings. The number of aliphatic carboxylic acids is 4. The summed E-state index contributed by atoms with van der Waals surface area (Å²) in [5.41, 5.74) is 5.07. The molecule has 458 valence electrons. The normalized spacial score (nSPS) is 14.5. The Morgan fingerprint density at radius 1 is 0.233 bits per heavy atom. The fraction of sp³-hybridized carbons (Fsp3) is 0.118. The van der Waals surface area contributed by atoms with Crippen LogP contribution in [0.2, 0.25) is 0 Å². The van der Waals surface area contributed by atoms with Crippen molar-refractivity contribution in [1.29, 1.82) is 0 Å². The Labute approximate surface area is 539 Å². The van der Waals surface area contributed by atoms with Crippen LogP contribution in [0.25, 0.3) is 0 Å². The molecule has 4 heterocycles. The molecule has 20 nitrogen and oxygen atoms in total. The van der Waals surface area contributed by atoms with Crippen LogP contribution in [0.3, 0.4) is 0 Å². The van der Waals surface area contributed by atoms with Crippen LogP contribution in [0.5, 0.6) is 0 Å². The number of nitrogens with zero attached hydrogens (tertiary/aromatic N) is 4.